The van der Waals surface area contributed by atoms with E-state index in [0.717, 1.165) is 5.69 Å². The van der Waals surface area contributed by atoms with Crippen LogP contribution < -0.4 is 0 Å². The van der Waals surface area contributed by atoms with Crippen LogP contribution >= 0.6 is 0 Å². The molecule has 2 aliphatic rings. The normalized spacial score (nSPS) is 18.2. The van der Waals surface area contributed by atoms with Gasteiger partial charge in [-0.1, -0.05) is 0 Å². The van der Waals surface area contributed by atoms with Gasteiger partial charge in [0.2, 0.25) is 0 Å². The molecule has 0 amide bonds. The number of rotatable bonds is 4. The number of non-ortho nitro benzene ring substituents is 1. The average Bonchev–Trinajstić information content (AvgIpc) is 3.37. The van der Waals surface area contributed by atoms with Crippen LogP contribution in [-0.2, 0) is 0 Å². The van der Waals surface area contributed by atoms with Gasteiger partial charge in [0.15, 0.2) is 0 Å². The van der Waals surface area contributed by atoms with Gasteiger partial charge in [-0.25, -0.2) is 4.68 Å². The van der Waals surface area contributed by atoms with Gasteiger partial charge in [-0.3, -0.25) is 10.1 Å². The fourth-order valence-corrected chi connectivity index (χ4v) is 2.59. The smallest absolute Gasteiger partial charge is 0.258 e. The van der Waals surface area contributed by atoms with Crippen LogP contribution in [0.2, 0.25) is 0 Å². The summed E-state index contributed by atoms with van der Waals surface area (Å²) in [4.78, 5) is 10.3. The van der Waals surface area contributed by atoms with Crippen molar-refractivity contribution in [2.24, 2.45) is 0 Å². The molecule has 1 aromatic carbocycles. The second kappa shape index (κ2) is 4.16. The molecule has 20 heavy (non-hydrogen) atoms. The minimum Gasteiger partial charge on any atom is -0.258 e. The van der Waals surface area contributed by atoms with Gasteiger partial charge in [0, 0.05) is 29.7 Å². The predicted octanol–water partition coefficient (Wildman–Crippen LogP) is 3.54. The molecule has 2 saturated carbocycles. The molecule has 0 unspecified atom stereocenters. The molecule has 5 heteroatoms. The molecule has 0 spiro atoms. The van der Waals surface area contributed by atoms with E-state index in [1.54, 1.807) is 24.3 Å². The maximum absolute atomic E-state index is 10.7. The van der Waals surface area contributed by atoms with E-state index in [2.05, 4.69) is 6.07 Å². The number of nitro groups is 1. The Morgan fingerprint density at radius 2 is 1.75 bits per heavy atom. The van der Waals surface area contributed by atoms with Crippen molar-refractivity contribution in [3.8, 4) is 5.69 Å². The van der Waals surface area contributed by atoms with Crippen LogP contribution in [0.4, 0.5) is 5.69 Å². The summed E-state index contributed by atoms with van der Waals surface area (Å²) in [6.45, 7) is 0. The lowest BCUT2D eigenvalue weighted by Gasteiger charge is -2.06. The van der Waals surface area contributed by atoms with Crippen molar-refractivity contribution in [1.82, 2.24) is 9.78 Å². The first-order valence-corrected chi connectivity index (χ1v) is 7.07. The Bertz CT molecular complexity index is 667. The van der Waals surface area contributed by atoms with Crippen LogP contribution in [0, 0.1) is 10.1 Å². The Hall–Kier alpha value is -2.17. The molecule has 5 nitrogen and oxygen atoms in total. The maximum Gasteiger partial charge on any atom is 0.269 e. The third kappa shape index (κ3) is 1.99. The van der Waals surface area contributed by atoms with Crippen molar-refractivity contribution < 1.29 is 4.92 Å². The second-order valence-electron chi connectivity index (χ2n) is 5.73. The van der Waals surface area contributed by atoms with E-state index in [-0.39, 0.29) is 10.6 Å². The second-order valence-corrected chi connectivity index (χ2v) is 5.73. The summed E-state index contributed by atoms with van der Waals surface area (Å²) in [6, 6.07) is 8.90. The lowest BCUT2D eigenvalue weighted by Crippen LogP contribution is -2.01. The fraction of sp³-hybridized carbons (Fsp3) is 0.400. The topological polar surface area (TPSA) is 61.0 Å². The molecule has 1 aromatic heterocycles. The van der Waals surface area contributed by atoms with Gasteiger partial charge in [-0.05, 0) is 43.9 Å². The molecule has 0 radical (unpaired) electrons. The lowest BCUT2D eigenvalue weighted by molar-refractivity contribution is -0.384. The van der Waals surface area contributed by atoms with Crippen molar-refractivity contribution >= 4 is 5.69 Å². The van der Waals surface area contributed by atoms with Crippen molar-refractivity contribution in [3.63, 3.8) is 0 Å². The van der Waals surface area contributed by atoms with Crippen LogP contribution in [0.25, 0.3) is 5.69 Å². The number of benzene rings is 1. The van der Waals surface area contributed by atoms with Crippen LogP contribution in [0.3, 0.4) is 0 Å². The van der Waals surface area contributed by atoms with Gasteiger partial charge >= 0.3 is 0 Å². The molecule has 0 bridgehead atoms. The SMILES string of the molecule is O=[N+]([O-])c1ccc(-n2nc(C3CC3)cc2C2CC2)cc1. The third-order valence-corrected chi connectivity index (χ3v) is 4.05. The monoisotopic (exact) mass is 269 g/mol. The number of hydrogen-bond acceptors (Lipinski definition) is 3. The highest BCUT2D eigenvalue weighted by atomic mass is 16.6. The number of nitro benzene ring substituents is 1. The van der Waals surface area contributed by atoms with Gasteiger partial charge in [-0.2, -0.15) is 5.10 Å². The van der Waals surface area contributed by atoms with Gasteiger partial charge < -0.3 is 0 Å². The molecule has 0 N–H and O–H groups in total. The van der Waals surface area contributed by atoms with Crippen molar-refractivity contribution in [2.45, 2.75) is 37.5 Å². The van der Waals surface area contributed by atoms with Crippen LogP contribution in [0.5, 0.6) is 0 Å². The summed E-state index contributed by atoms with van der Waals surface area (Å²) in [5, 5.41) is 15.4. The summed E-state index contributed by atoms with van der Waals surface area (Å²) in [5.74, 6) is 1.25. The van der Waals surface area contributed by atoms with Gasteiger partial charge in [0.25, 0.3) is 5.69 Å². The molecule has 0 aliphatic heterocycles. The first-order chi connectivity index (χ1) is 9.72. The summed E-state index contributed by atoms with van der Waals surface area (Å²) in [6.07, 6.45) is 4.92. The lowest BCUT2D eigenvalue weighted by atomic mass is 10.2. The van der Waals surface area contributed by atoms with Gasteiger partial charge in [0.1, 0.15) is 0 Å². The highest BCUT2D eigenvalue weighted by Crippen LogP contribution is 2.45. The quantitative estimate of drug-likeness (QED) is 0.630. The zero-order valence-corrected chi connectivity index (χ0v) is 11.0. The zero-order chi connectivity index (χ0) is 13.7. The number of nitrogens with zero attached hydrogens (tertiary/aromatic N) is 3. The minimum atomic E-state index is -0.371. The fourth-order valence-electron chi connectivity index (χ4n) is 2.59. The highest BCUT2D eigenvalue weighted by molar-refractivity contribution is 5.42. The van der Waals surface area contributed by atoms with E-state index in [0.29, 0.717) is 11.8 Å². The van der Waals surface area contributed by atoms with Crippen molar-refractivity contribution in [1.29, 1.82) is 0 Å². The molecule has 2 aromatic rings. The first-order valence-electron chi connectivity index (χ1n) is 7.07. The van der Waals surface area contributed by atoms with Crippen LogP contribution in [0.15, 0.2) is 30.3 Å². The molecule has 0 atom stereocenters. The molecule has 4 rings (SSSR count). The molecular weight excluding hydrogens is 254 g/mol. The number of hydrogen-bond donors (Lipinski definition) is 0. The highest BCUT2D eigenvalue weighted by Gasteiger charge is 2.32. The predicted molar refractivity (Wildman–Crippen MR) is 74.2 cm³/mol. The summed E-state index contributed by atoms with van der Waals surface area (Å²) in [7, 11) is 0. The Balaban J connectivity index is 1.74. The van der Waals surface area contributed by atoms with E-state index in [9.17, 15) is 10.1 Å². The first kappa shape index (κ1) is 11.6. The van der Waals surface area contributed by atoms with E-state index in [1.165, 1.54) is 37.1 Å². The molecule has 1 heterocycles. The van der Waals surface area contributed by atoms with E-state index >= 15 is 0 Å². The van der Waals surface area contributed by atoms with Crippen LogP contribution in [0.1, 0.15) is 48.9 Å². The Morgan fingerprint density at radius 1 is 1.10 bits per heavy atom. The summed E-state index contributed by atoms with van der Waals surface area (Å²) in [5.41, 5.74) is 3.49. The molecular formula is C15H15N3O2. The Labute approximate surface area is 116 Å². The van der Waals surface area contributed by atoms with Gasteiger partial charge in [-0.15, -0.1) is 0 Å². The zero-order valence-electron chi connectivity index (χ0n) is 11.0. The van der Waals surface area contributed by atoms with E-state index in [4.69, 9.17) is 5.10 Å². The third-order valence-electron chi connectivity index (χ3n) is 4.05. The Kier molecular flexibility index (Phi) is 2.42. The molecule has 102 valence electrons. The molecule has 2 aliphatic carbocycles. The number of aromatic nitrogens is 2. The van der Waals surface area contributed by atoms with Crippen molar-refractivity contribution in [3.05, 3.63) is 51.8 Å². The van der Waals surface area contributed by atoms with E-state index < -0.39 is 0 Å². The Morgan fingerprint density at radius 3 is 2.30 bits per heavy atom. The van der Waals surface area contributed by atoms with Crippen LogP contribution in [-0.4, -0.2) is 14.7 Å². The van der Waals surface area contributed by atoms with E-state index in [1.807, 2.05) is 4.68 Å². The largest absolute Gasteiger partial charge is 0.269 e. The molecule has 0 saturated heterocycles. The average molecular weight is 269 g/mol. The van der Waals surface area contributed by atoms with Gasteiger partial charge in [0.05, 0.1) is 16.3 Å². The minimum absolute atomic E-state index is 0.122. The maximum atomic E-state index is 10.7. The standard InChI is InChI=1S/C15H15N3O2/c19-18(20)13-7-5-12(6-8-13)17-15(11-3-4-11)9-14(16-17)10-1-2-10/h5-11H,1-4H2. The van der Waals surface area contributed by atoms with Crippen molar-refractivity contribution in [2.75, 3.05) is 0 Å². The summed E-state index contributed by atoms with van der Waals surface area (Å²) < 4.78 is 1.98. The molecule has 2 fully saturated rings. The summed E-state index contributed by atoms with van der Waals surface area (Å²) >= 11 is 0.